The Labute approximate surface area is 110 Å². The molecule has 18 heavy (non-hydrogen) atoms. The van der Waals surface area contributed by atoms with Crippen molar-refractivity contribution in [2.24, 2.45) is 0 Å². The molecule has 98 valence electrons. The summed E-state index contributed by atoms with van der Waals surface area (Å²) in [5, 5.41) is 0. The SMILES string of the molecule is COC(=O)C1(c2ccc(S(=O)(=O)Cl)cc2)CCC1. The van der Waals surface area contributed by atoms with Gasteiger partial charge in [-0.15, -0.1) is 0 Å². The number of hydrogen-bond acceptors (Lipinski definition) is 4. The van der Waals surface area contributed by atoms with Gasteiger partial charge in [0.1, 0.15) is 0 Å². The second kappa shape index (κ2) is 4.55. The highest BCUT2D eigenvalue weighted by Crippen LogP contribution is 2.44. The van der Waals surface area contributed by atoms with E-state index in [0.717, 1.165) is 24.8 Å². The molecule has 0 saturated heterocycles. The summed E-state index contributed by atoms with van der Waals surface area (Å²) in [5.74, 6) is -0.268. The molecule has 1 fully saturated rings. The Morgan fingerprint density at radius 2 is 1.83 bits per heavy atom. The lowest BCUT2D eigenvalue weighted by atomic mass is 9.64. The van der Waals surface area contributed by atoms with E-state index in [9.17, 15) is 13.2 Å². The molecule has 0 bridgehead atoms. The summed E-state index contributed by atoms with van der Waals surface area (Å²) in [6, 6.07) is 6.10. The fraction of sp³-hybridized carbons (Fsp3) is 0.417. The molecule has 1 saturated carbocycles. The van der Waals surface area contributed by atoms with E-state index in [1.54, 1.807) is 12.1 Å². The summed E-state index contributed by atoms with van der Waals surface area (Å²) in [6.45, 7) is 0. The van der Waals surface area contributed by atoms with Crippen LogP contribution in [0.4, 0.5) is 0 Å². The van der Waals surface area contributed by atoms with Gasteiger partial charge in [-0.2, -0.15) is 0 Å². The van der Waals surface area contributed by atoms with Crippen molar-refractivity contribution in [3.05, 3.63) is 29.8 Å². The Morgan fingerprint density at radius 3 is 2.17 bits per heavy atom. The molecule has 4 nitrogen and oxygen atoms in total. The second-order valence-corrected chi connectivity index (χ2v) is 6.96. The Kier molecular flexibility index (Phi) is 3.38. The molecule has 1 aliphatic carbocycles. The summed E-state index contributed by atoms with van der Waals surface area (Å²) in [6.07, 6.45) is 2.42. The standard InChI is InChI=1S/C12H13ClO4S/c1-17-11(14)12(7-2-8-12)9-3-5-10(6-4-9)18(13,15)16/h3-6H,2,7-8H2,1H3. The van der Waals surface area contributed by atoms with E-state index in [0.29, 0.717) is 0 Å². The van der Waals surface area contributed by atoms with Gasteiger partial charge in [-0.25, -0.2) is 8.42 Å². The number of rotatable bonds is 3. The lowest BCUT2D eigenvalue weighted by Crippen LogP contribution is -2.43. The van der Waals surface area contributed by atoms with Crippen molar-refractivity contribution in [1.82, 2.24) is 0 Å². The fourth-order valence-electron chi connectivity index (χ4n) is 2.27. The first-order valence-corrected chi connectivity index (χ1v) is 7.85. The van der Waals surface area contributed by atoms with E-state index < -0.39 is 14.5 Å². The van der Waals surface area contributed by atoms with E-state index >= 15 is 0 Å². The van der Waals surface area contributed by atoms with Gasteiger partial charge in [0.2, 0.25) is 0 Å². The molecule has 1 aromatic carbocycles. The number of esters is 1. The molecule has 0 radical (unpaired) electrons. The van der Waals surface area contributed by atoms with E-state index in [-0.39, 0.29) is 10.9 Å². The Hall–Kier alpha value is -1.07. The molecule has 0 aromatic heterocycles. The first kappa shape index (κ1) is 13.4. The Morgan fingerprint density at radius 1 is 1.28 bits per heavy atom. The number of carbonyl (C=O) groups excluding carboxylic acids is 1. The molecule has 0 atom stereocenters. The van der Waals surface area contributed by atoms with Gasteiger partial charge in [0, 0.05) is 10.7 Å². The predicted molar refractivity (Wildman–Crippen MR) is 67.0 cm³/mol. The van der Waals surface area contributed by atoms with Crippen LogP contribution in [0.1, 0.15) is 24.8 Å². The topological polar surface area (TPSA) is 60.4 Å². The third kappa shape index (κ3) is 2.12. The van der Waals surface area contributed by atoms with Crippen LogP contribution in [0.15, 0.2) is 29.2 Å². The second-order valence-electron chi connectivity index (χ2n) is 4.39. The molecule has 0 spiro atoms. The first-order chi connectivity index (χ1) is 8.40. The maximum Gasteiger partial charge on any atom is 0.316 e. The Bertz CT molecular complexity index is 558. The highest BCUT2D eigenvalue weighted by molar-refractivity contribution is 8.13. The van der Waals surface area contributed by atoms with Crippen LogP contribution in [0, 0.1) is 0 Å². The number of carbonyl (C=O) groups is 1. The molecule has 1 aliphatic rings. The van der Waals surface area contributed by atoms with Crippen molar-refractivity contribution in [1.29, 1.82) is 0 Å². The first-order valence-electron chi connectivity index (χ1n) is 5.54. The minimum atomic E-state index is -3.72. The van der Waals surface area contributed by atoms with Crippen LogP contribution < -0.4 is 0 Å². The predicted octanol–water partition coefficient (Wildman–Crippen LogP) is 2.21. The van der Waals surface area contributed by atoms with Crippen molar-refractivity contribution in [2.45, 2.75) is 29.6 Å². The zero-order valence-electron chi connectivity index (χ0n) is 9.85. The molecule has 0 heterocycles. The van der Waals surface area contributed by atoms with Crippen molar-refractivity contribution in [3.63, 3.8) is 0 Å². The summed E-state index contributed by atoms with van der Waals surface area (Å²) >= 11 is 0. The average Bonchev–Trinajstić information content (AvgIpc) is 2.27. The maximum atomic E-state index is 11.8. The van der Waals surface area contributed by atoms with Gasteiger partial charge in [0.25, 0.3) is 9.05 Å². The molecule has 6 heteroatoms. The summed E-state index contributed by atoms with van der Waals surface area (Å²) in [7, 11) is 2.88. The molecular formula is C12H13ClO4S. The minimum absolute atomic E-state index is 0.0345. The number of halogens is 1. The van der Waals surface area contributed by atoms with Crippen LogP contribution in [0.3, 0.4) is 0 Å². The Balaban J connectivity index is 2.37. The quantitative estimate of drug-likeness (QED) is 0.632. The molecule has 0 aliphatic heterocycles. The third-order valence-corrected chi connectivity index (χ3v) is 4.84. The lowest BCUT2D eigenvalue weighted by molar-refractivity contribution is -0.151. The highest BCUT2D eigenvalue weighted by atomic mass is 35.7. The smallest absolute Gasteiger partial charge is 0.316 e. The van der Waals surface area contributed by atoms with Crippen molar-refractivity contribution >= 4 is 25.7 Å². The molecule has 0 unspecified atom stereocenters. The van der Waals surface area contributed by atoms with Gasteiger partial charge in [-0.05, 0) is 30.5 Å². The monoisotopic (exact) mass is 288 g/mol. The number of benzene rings is 1. The van der Waals surface area contributed by atoms with Crippen LogP contribution in [0.2, 0.25) is 0 Å². The number of hydrogen-bond donors (Lipinski definition) is 0. The van der Waals surface area contributed by atoms with Gasteiger partial charge in [-0.3, -0.25) is 4.79 Å². The highest BCUT2D eigenvalue weighted by Gasteiger charge is 2.46. The van der Waals surface area contributed by atoms with Crippen LogP contribution >= 0.6 is 10.7 Å². The van der Waals surface area contributed by atoms with E-state index in [1.807, 2.05) is 0 Å². The maximum absolute atomic E-state index is 11.8. The van der Waals surface area contributed by atoms with Gasteiger partial charge < -0.3 is 4.74 Å². The lowest BCUT2D eigenvalue weighted by Gasteiger charge is -2.39. The number of methoxy groups -OCH3 is 1. The van der Waals surface area contributed by atoms with E-state index in [4.69, 9.17) is 15.4 Å². The zero-order valence-corrected chi connectivity index (χ0v) is 11.4. The van der Waals surface area contributed by atoms with Gasteiger partial charge in [0.15, 0.2) is 0 Å². The summed E-state index contributed by atoms with van der Waals surface area (Å²) in [5.41, 5.74) is 0.174. The van der Waals surface area contributed by atoms with Crippen LogP contribution in [-0.2, 0) is 24.0 Å². The average molecular weight is 289 g/mol. The van der Waals surface area contributed by atoms with Gasteiger partial charge in [0.05, 0.1) is 17.4 Å². The van der Waals surface area contributed by atoms with Crippen molar-refractivity contribution in [2.75, 3.05) is 7.11 Å². The van der Waals surface area contributed by atoms with Crippen LogP contribution in [0.5, 0.6) is 0 Å². The number of ether oxygens (including phenoxy) is 1. The minimum Gasteiger partial charge on any atom is -0.468 e. The molecule has 0 N–H and O–H groups in total. The van der Waals surface area contributed by atoms with Gasteiger partial charge >= 0.3 is 5.97 Å². The van der Waals surface area contributed by atoms with Gasteiger partial charge in [-0.1, -0.05) is 18.6 Å². The summed E-state index contributed by atoms with van der Waals surface area (Å²) in [4.78, 5) is 11.9. The molecule has 2 rings (SSSR count). The molecular weight excluding hydrogens is 276 g/mol. The van der Waals surface area contributed by atoms with Crippen LogP contribution in [-0.4, -0.2) is 21.5 Å². The van der Waals surface area contributed by atoms with E-state index in [2.05, 4.69) is 0 Å². The van der Waals surface area contributed by atoms with Crippen molar-refractivity contribution in [3.8, 4) is 0 Å². The molecule has 1 aromatic rings. The third-order valence-electron chi connectivity index (χ3n) is 3.47. The largest absolute Gasteiger partial charge is 0.468 e. The summed E-state index contributed by atoms with van der Waals surface area (Å²) < 4.78 is 27.1. The normalized spacial score (nSPS) is 17.9. The molecule has 0 amide bonds. The fourth-order valence-corrected chi connectivity index (χ4v) is 3.04. The van der Waals surface area contributed by atoms with Crippen LogP contribution in [0.25, 0.3) is 0 Å². The zero-order chi connectivity index (χ0) is 13.4. The van der Waals surface area contributed by atoms with E-state index in [1.165, 1.54) is 19.2 Å². The van der Waals surface area contributed by atoms with Crippen molar-refractivity contribution < 1.29 is 17.9 Å².